The minimum absolute atomic E-state index is 0.128. The molecule has 1 aliphatic rings. The standard InChI is InChI=1S/C11H16F6/c1-4-8(5-2)6-9(8,11(15,16)17)7(3)10(12,13)14/h7H,4-6H2,1-3H3. The van der Waals surface area contributed by atoms with Crippen LogP contribution in [0.3, 0.4) is 0 Å². The first kappa shape index (κ1) is 14.6. The Kier molecular flexibility index (Phi) is 3.26. The molecule has 0 saturated heterocycles. The summed E-state index contributed by atoms with van der Waals surface area (Å²) in [6, 6.07) is 0. The molecular formula is C11H16F6. The topological polar surface area (TPSA) is 0 Å². The van der Waals surface area contributed by atoms with Gasteiger partial charge in [0.25, 0.3) is 0 Å². The van der Waals surface area contributed by atoms with E-state index in [-0.39, 0.29) is 12.8 Å². The van der Waals surface area contributed by atoms with Crippen LogP contribution >= 0.6 is 0 Å². The van der Waals surface area contributed by atoms with Crippen molar-refractivity contribution in [2.24, 2.45) is 16.7 Å². The van der Waals surface area contributed by atoms with E-state index in [1.807, 2.05) is 0 Å². The molecule has 0 spiro atoms. The molecule has 0 amide bonds. The van der Waals surface area contributed by atoms with Crippen molar-refractivity contribution in [3.63, 3.8) is 0 Å². The quantitative estimate of drug-likeness (QED) is 0.632. The first-order valence-corrected chi connectivity index (χ1v) is 5.62. The largest absolute Gasteiger partial charge is 0.395 e. The van der Waals surface area contributed by atoms with Gasteiger partial charge in [0.1, 0.15) is 0 Å². The van der Waals surface area contributed by atoms with Gasteiger partial charge in [0.15, 0.2) is 0 Å². The normalized spacial score (nSPS) is 30.2. The molecule has 1 fully saturated rings. The number of hydrogen-bond acceptors (Lipinski definition) is 0. The first-order chi connectivity index (χ1) is 7.48. The summed E-state index contributed by atoms with van der Waals surface area (Å²) in [4.78, 5) is 0. The fourth-order valence-electron chi connectivity index (χ4n) is 3.16. The zero-order valence-corrected chi connectivity index (χ0v) is 9.97. The summed E-state index contributed by atoms with van der Waals surface area (Å²) in [5.74, 6) is -2.34. The molecule has 0 heterocycles. The summed E-state index contributed by atoms with van der Waals surface area (Å²) >= 11 is 0. The molecule has 17 heavy (non-hydrogen) atoms. The second-order valence-electron chi connectivity index (χ2n) is 4.90. The smallest absolute Gasteiger partial charge is 0.171 e. The maximum absolute atomic E-state index is 13.0. The molecule has 0 bridgehead atoms. The van der Waals surface area contributed by atoms with E-state index in [1.165, 1.54) is 13.8 Å². The van der Waals surface area contributed by atoms with Gasteiger partial charge in [-0.1, -0.05) is 20.8 Å². The minimum atomic E-state index is -4.80. The Balaban J connectivity index is 3.19. The number of alkyl halides is 6. The molecule has 0 aromatic heterocycles. The zero-order valence-electron chi connectivity index (χ0n) is 9.97. The second-order valence-corrected chi connectivity index (χ2v) is 4.90. The average Bonchev–Trinajstić information content (AvgIpc) is 2.85. The lowest BCUT2D eigenvalue weighted by molar-refractivity contribution is -0.272. The Morgan fingerprint density at radius 2 is 1.41 bits per heavy atom. The highest BCUT2D eigenvalue weighted by molar-refractivity contribution is 5.19. The van der Waals surface area contributed by atoms with E-state index in [0.29, 0.717) is 6.92 Å². The Hall–Kier alpha value is -0.420. The van der Waals surface area contributed by atoms with Gasteiger partial charge in [-0.2, -0.15) is 26.3 Å². The third-order valence-corrected chi connectivity index (χ3v) is 4.53. The van der Waals surface area contributed by atoms with Gasteiger partial charge in [-0.15, -0.1) is 0 Å². The monoisotopic (exact) mass is 262 g/mol. The van der Waals surface area contributed by atoms with E-state index in [9.17, 15) is 26.3 Å². The highest BCUT2D eigenvalue weighted by atomic mass is 19.4. The van der Waals surface area contributed by atoms with Crippen LogP contribution in [-0.2, 0) is 0 Å². The molecule has 0 N–H and O–H groups in total. The van der Waals surface area contributed by atoms with Crippen LogP contribution in [0.25, 0.3) is 0 Å². The summed E-state index contributed by atoms with van der Waals surface area (Å²) in [7, 11) is 0. The van der Waals surface area contributed by atoms with E-state index in [4.69, 9.17) is 0 Å². The average molecular weight is 262 g/mol. The van der Waals surface area contributed by atoms with Crippen LogP contribution in [0.4, 0.5) is 26.3 Å². The van der Waals surface area contributed by atoms with E-state index in [2.05, 4.69) is 0 Å². The summed E-state index contributed by atoms with van der Waals surface area (Å²) in [5.41, 5.74) is -3.82. The van der Waals surface area contributed by atoms with Crippen molar-refractivity contribution < 1.29 is 26.3 Å². The van der Waals surface area contributed by atoms with E-state index in [1.54, 1.807) is 0 Å². The Morgan fingerprint density at radius 1 is 1.00 bits per heavy atom. The van der Waals surface area contributed by atoms with Gasteiger partial charge in [-0.05, 0) is 24.7 Å². The zero-order chi connectivity index (χ0) is 13.7. The fraction of sp³-hybridized carbons (Fsp3) is 1.00. The van der Waals surface area contributed by atoms with Gasteiger partial charge in [0.05, 0.1) is 11.3 Å². The van der Waals surface area contributed by atoms with Crippen LogP contribution in [0.15, 0.2) is 0 Å². The first-order valence-electron chi connectivity index (χ1n) is 5.62. The van der Waals surface area contributed by atoms with E-state index in [0.717, 1.165) is 0 Å². The fourth-order valence-corrected chi connectivity index (χ4v) is 3.16. The molecule has 102 valence electrons. The lowest BCUT2D eigenvalue weighted by atomic mass is 9.78. The van der Waals surface area contributed by atoms with Crippen molar-refractivity contribution in [3.8, 4) is 0 Å². The second kappa shape index (κ2) is 3.79. The molecule has 1 saturated carbocycles. The molecule has 0 radical (unpaired) electrons. The van der Waals surface area contributed by atoms with Gasteiger partial charge in [-0.3, -0.25) is 0 Å². The predicted octanol–water partition coefficient (Wildman–Crippen LogP) is 4.94. The SMILES string of the molecule is CCC1(CC)CC1(C(C)C(F)(F)F)C(F)(F)F. The maximum atomic E-state index is 13.0. The van der Waals surface area contributed by atoms with Crippen LogP contribution in [0, 0.1) is 16.7 Å². The molecule has 0 nitrogen and oxygen atoms in total. The van der Waals surface area contributed by atoms with Crippen molar-refractivity contribution in [1.29, 1.82) is 0 Å². The third kappa shape index (κ3) is 1.83. The highest BCUT2D eigenvalue weighted by Crippen LogP contribution is 2.79. The van der Waals surface area contributed by atoms with Crippen LogP contribution in [0.2, 0.25) is 0 Å². The van der Waals surface area contributed by atoms with Crippen molar-refractivity contribution in [2.45, 2.75) is 52.4 Å². The van der Waals surface area contributed by atoms with Crippen molar-refractivity contribution in [1.82, 2.24) is 0 Å². The van der Waals surface area contributed by atoms with Gasteiger partial charge in [-0.25, -0.2) is 0 Å². The number of rotatable bonds is 3. The Bertz CT molecular complexity index is 285. The molecule has 0 aromatic rings. The van der Waals surface area contributed by atoms with Crippen LogP contribution < -0.4 is 0 Å². The maximum Gasteiger partial charge on any atom is 0.395 e. The lowest BCUT2D eigenvalue weighted by Crippen LogP contribution is -2.42. The number of hydrogen-bond donors (Lipinski definition) is 0. The molecule has 0 aromatic carbocycles. The Morgan fingerprint density at radius 3 is 1.59 bits per heavy atom. The molecule has 2 unspecified atom stereocenters. The van der Waals surface area contributed by atoms with Gasteiger partial charge < -0.3 is 0 Å². The van der Waals surface area contributed by atoms with Crippen LogP contribution in [0.5, 0.6) is 0 Å². The van der Waals surface area contributed by atoms with Crippen LogP contribution in [-0.4, -0.2) is 12.4 Å². The van der Waals surface area contributed by atoms with Gasteiger partial charge >= 0.3 is 12.4 Å². The summed E-state index contributed by atoms with van der Waals surface area (Å²) in [6.45, 7) is 3.71. The van der Waals surface area contributed by atoms with Crippen LogP contribution in [0.1, 0.15) is 40.0 Å². The molecule has 2 atom stereocenters. The molecule has 0 aliphatic heterocycles. The van der Waals surface area contributed by atoms with Gasteiger partial charge in [0, 0.05) is 0 Å². The van der Waals surface area contributed by atoms with Gasteiger partial charge in [0.2, 0.25) is 0 Å². The third-order valence-electron chi connectivity index (χ3n) is 4.53. The molecule has 1 rings (SSSR count). The van der Waals surface area contributed by atoms with Crippen molar-refractivity contribution in [2.75, 3.05) is 0 Å². The number of halogens is 6. The van der Waals surface area contributed by atoms with Crippen molar-refractivity contribution >= 4 is 0 Å². The predicted molar refractivity (Wildman–Crippen MR) is 51.3 cm³/mol. The van der Waals surface area contributed by atoms with E-state index >= 15 is 0 Å². The summed E-state index contributed by atoms with van der Waals surface area (Å²) < 4.78 is 77.0. The lowest BCUT2D eigenvalue weighted by Gasteiger charge is -2.33. The Labute approximate surface area is 96.4 Å². The molecule has 1 aliphatic carbocycles. The van der Waals surface area contributed by atoms with E-state index < -0.39 is 35.5 Å². The summed E-state index contributed by atoms with van der Waals surface area (Å²) in [6.07, 6.45) is -9.75. The molecule has 6 heteroatoms. The highest BCUT2D eigenvalue weighted by Gasteiger charge is 2.82. The minimum Gasteiger partial charge on any atom is -0.171 e. The summed E-state index contributed by atoms with van der Waals surface area (Å²) in [5, 5.41) is 0. The van der Waals surface area contributed by atoms with Crippen molar-refractivity contribution in [3.05, 3.63) is 0 Å². The molecular weight excluding hydrogens is 246 g/mol.